The molecule has 7 nitrogen and oxygen atoms in total. The first-order valence-corrected chi connectivity index (χ1v) is 9.74. The van der Waals surface area contributed by atoms with Crippen LogP contribution in [0.15, 0.2) is 91.6 Å². The average molecular weight is 409 g/mol. The number of carbonyl (C=O) groups excluding carboxylic acids is 1. The lowest BCUT2D eigenvalue weighted by Crippen LogP contribution is -2.02. The number of aromatic nitrogens is 4. The second-order valence-corrected chi connectivity index (χ2v) is 6.95. The monoisotopic (exact) mass is 409 g/mol. The van der Waals surface area contributed by atoms with Gasteiger partial charge in [-0.15, -0.1) is 0 Å². The van der Waals surface area contributed by atoms with Crippen molar-refractivity contribution in [1.82, 2.24) is 18.9 Å². The molecule has 31 heavy (non-hydrogen) atoms. The number of nitrogens with zero attached hydrogens (tertiary/aromatic N) is 4. The third-order valence-electron chi connectivity index (χ3n) is 5.02. The van der Waals surface area contributed by atoms with Gasteiger partial charge in [0.15, 0.2) is 0 Å². The van der Waals surface area contributed by atoms with E-state index in [1.807, 2.05) is 76.0 Å². The number of anilines is 2. The van der Waals surface area contributed by atoms with E-state index in [1.165, 1.54) is 7.11 Å². The van der Waals surface area contributed by atoms with Crippen LogP contribution in [0.2, 0.25) is 0 Å². The van der Waals surface area contributed by atoms with Gasteiger partial charge in [-0.25, -0.2) is 14.8 Å². The molecule has 0 saturated heterocycles. The zero-order valence-corrected chi connectivity index (χ0v) is 16.8. The van der Waals surface area contributed by atoms with E-state index in [9.17, 15) is 4.79 Å². The summed E-state index contributed by atoms with van der Waals surface area (Å²) in [5.41, 5.74) is 4.87. The third kappa shape index (κ3) is 3.53. The highest BCUT2D eigenvalue weighted by Gasteiger charge is 2.15. The number of fused-ring (bicyclic) bond motifs is 1. The van der Waals surface area contributed by atoms with Crippen molar-refractivity contribution in [1.29, 1.82) is 0 Å². The Hall–Kier alpha value is -4.39. The molecule has 3 aromatic heterocycles. The summed E-state index contributed by atoms with van der Waals surface area (Å²) in [6.07, 6.45) is 7.38. The number of pyridine rings is 1. The largest absolute Gasteiger partial charge is 0.465 e. The Balaban J connectivity index is 1.57. The van der Waals surface area contributed by atoms with Crippen molar-refractivity contribution in [2.45, 2.75) is 0 Å². The van der Waals surface area contributed by atoms with E-state index >= 15 is 0 Å². The van der Waals surface area contributed by atoms with Crippen LogP contribution < -0.4 is 5.32 Å². The molecule has 0 spiro atoms. The fourth-order valence-corrected chi connectivity index (χ4v) is 3.50. The fourth-order valence-electron chi connectivity index (χ4n) is 3.50. The molecule has 5 aromatic rings. The summed E-state index contributed by atoms with van der Waals surface area (Å²) in [6, 6.07) is 21.2. The first kappa shape index (κ1) is 18.6. The SMILES string of the molecule is COC(=O)c1cccc(Nc2c(-c3ccc(-n4ccnc4)cc3)nc3ccccn23)c1. The van der Waals surface area contributed by atoms with Crippen LogP contribution in [0.25, 0.3) is 22.6 Å². The summed E-state index contributed by atoms with van der Waals surface area (Å²) in [4.78, 5) is 20.9. The van der Waals surface area contributed by atoms with Gasteiger partial charge in [0.1, 0.15) is 17.2 Å². The number of rotatable bonds is 5. The van der Waals surface area contributed by atoms with Gasteiger partial charge in [-0.3, -0.25) is 4.40 Å². The van der Waals surface area contributed by atoms with Crippen LogP contribution in [0.3, 0.4) is 0 Å². The Kier molecular flexibility index (Phi) is 4.68. The maximum atomic E-state index is 11.9. The lowest BCUT2D eigenvalue weighted by molar-refractivity contribution is 0.0601. The third-order valence-corrected chi connectivity index (χ3v) is 5.02. The standard InChI is InChI=1S/C24H19N5O2/c1-31-24(30)18-5-4-6-19(15-18)26-23-22(27-21-7-2-3-13-29(21)23)17-8-10-20(11-9-17)28-14-12-25-16-28/h2-16,26H,1H3. The van der Waals surface area contributed by atoms with E-state index in [2.05, 4.69) is 10.3 Å². The molecule has 0 saturated carbocycles. The van der Waals surface area contributed by atoms with Crippen LogP contribution in [0.4, 0.5) is 11.5 Å². The molecule has 0 atom stereocenters. The van der Waals surface area contributed by atoms with Gasteiger partial charge in [0, 0.05) is 35.5 Å². The Morgan fingerprint density at radius 2 is 1.87 bits per heavy atom. The first-order chi connectivity index (χ1) is 15.2. The Morgan fingerprint density at radius 1 is 1.00 bits per heavy atom. The lowest BCUT2D eigenvalue weighted by atomic mass is 10.1. The molecule has 1 N–H and O–H groups in total. The second-order valence-electron chi connectivity index (χ2n) is 6.95. The highest BCUT2D eigenvalue weighted by atomic mass is 16.5. The highest BCUT2D eigenvalue weighted by molar-refractivity contribution is 5.91. The second kappa shape index (κ2) is 7.79. The Labute approximate surface area is 178 Å². The number of hydrogen-bond donors (Lipinski definition) is 1. The molecule has 0 unspecified atom stereocenters. The van der Waals surface area contributed by atoms with Gasteiger partial charge >= 0.3 is 5.97 Å². The Morgan fingerprint density at radius 3 is 2.65 bits per heavy atom. The number of benzene rings is 2. The molecule has 0 radical (unpaired) electrons. The van der Waals surface area contributed by atoms with Gasteiger partial charge in [0.05, 0.1) is 19.0 Å². The molecule has 0 aliphatic heterocycles. The molecule has 0 bridgehead atoms. The van der Waals surface area contributed by atoms with Crippen molar-refractivity contribution in [3.05, 3.63) is 97.2 Å². The quantitative estimate of drug-likeness (QED) is 0.425. The predicted molar refractivity (Wildman–Crippen MR) is 119 cm³/mol. The summed E-state index contributed by atoms with van der Waals surface area (Å²) in [5, 5.41) is 3.43. The minimum atomic E-state index is -0.378. The molecule has 2 aromatic carbocycles. The van der Waals surface area contributed by atoms with Crippen LogP contribution >= 0.6 is 0 Å². The molecule has 0 aliphatic carbocycles. The zero-order chi connectivity index (χ0) is 21.2. The van der Waals surface area contributed by atoms with E-state index < -0.39 is 0 Å². The van der Waals surface area contributed by atoms with E-state index in [1.54, 1.807) is 24.7 Å². The van der Waals surface area contributed by atoms with Crippen LogP contribution in [-0.2, 0) is 4.74 Å². The fraction of sp³-hybridized carbons (Fsp3) is 0.0417. The number of esters is 1. The van der Waals surface area contributed by atoms with Crippen LogP contribution in [-0.4, -0.2) is 32.0 Å². The van der Waals surface area contributed by atoms with Gasteiger partial charge in [0.25, 0.3) is 0 Å². The van der Waals surface area contributed by atoms with Crippen molar-refractivity contribution in [2.24, 2.45) is 0 Å². The number of nitrogens with one attached hydrogen (secondary N) is 1. The van der Waals surface area contributed by atoms with Crippen LogP contribution in [0, 0.1) is 0 Å². The molecule has 5 rings (SSSR count). The van der Waals surface area contributed by atoms with Crippen molar-refractivity contribution in [3.8, 4) is 16.9 Å². The minimum Gasteiger partial charge on any atom is -0.465 e. The average Bonchev–Trinajstić information content (AvgIpc) is 3.48. The van der Waals surface area contributed by atoms with Gasteiger partial charge in [-0.2, -0.15) is 0 Å². The minimum absolute atomic E-state index is 0.378. The van der Waals surface area contributed by atoms with Crippen molar-refractivity contribution >= 4 is 23.1 Å². The van der Waals surface area contributed by atoms with Crippen LogP contribution in [0.5, 0.6) is 0 Å². The normalized spacial score (nSPS) is 10.9. The van der Waals surface area contributed by atoms with Gasteiger partial charge in [-0.05, 0) is 42.5 Å². The number of ether oxygens (including phenoxy) is 1. The molecule has 0 amide bonds. The number of carbonyl (C=O) groups is 1. The van der Waals surface area contributed by atoms with E-state index in [4.69, 9.17) is 9.72 Å². The topological polar surface area (TPSA) is 73.4 Å². The number of hydrogen-bond acceptors (Lipinski definition) is 5. The van der Waals surface area contributed by atoms with Crippen molar-refractivity contribution in [3.63, 3.8) is 0 Å². The summed E-state index contributed by atoms with van der Waals surface area (Å²) >= 11 is 0. The van der Waals surface area contributed by atoms with Crippen molar-refractivity contribution in [2.75, 3.05) is 12.4 Å². The molecular weight excluding hydrogens is 390 g/mol. The predicted octanol–water partition coefficient (Wildman–Crippen LogP) is 4.72. The summed E-state index contributed by atoms with van der Waals surface area (Å²) in [6.45, 7) is 0. The molecule has 3 heterocycles. The maximum Gasteiger partial charge on any atom is 0.337 e. The molecular formula is C24H19N5O2. The summed E-state index contributed by atoms with van der Waals surface area (Å²) < 4.78 is 8.78. The van der Waals surface area contributed by atoms with Gasteiger partial charge < -0.3 is 14.6 Å². The lowest BCUT2D eigenvalue weighted by Gasteiger charge is -2.10. The van der Waals surface area contributed by atoms with Crippen LogP contribution in [0.1, 0.15) is 10.4 Å². The van der Waals surface area contributed by atoms with Gasteiger partial charge in [-0.1, -0.05) is 24.3 Å². The molecule has 0 fully saturated rings. The van der Waals surface area contributed by atoms with E-state index in [0.29, 0.717) is 5.56 Å². The molecule has 0 aliphatic rings. The van der Waals surface area contributed by atoms with E-state index in [0.717, 1.165) is 34.1 Å². The molecule has 152 valence electrons. The summed E-state index contributed by atoms with van der Waals surface area (Å²) in [5.74, 6) is 0.435. The van der Waals surface area contributed by atoms with Crippen molar-refractivity contribution < 1.29 is 9.53 Å². The Bertz CT molecular complexity index is 1350. The molecule has 7 heteroatoms. The number of imidazole rings is 2. The number of methoxy groups -OCH3 is 1. The van der Waals surface area contributed by atoms with Gasteiger partial charge in [0.2, 0.25) is 0 Å². The van der Waals surface area contributed by atoms with E-state index in [-0.39, 0.29) is 5.97 Å². The highest BCUT2D eigenvalue weighted by Crippen LogP contribution is 2.32. The summed E-state index contributed by atoms with van der Waals surface area (Å²) in [7, 11) is 1.37. The zero-order valence-electron chi connectivity index (χ0n) is 16.8. The smallest absolute Gasteiger partial charge is 0.337 e. The maximum absolute atomic E-state index is 11.9. The first-order valence-electron chi connectivity index (χ1n) is 9.74.